The maximum atomic E-state index is 12.5. The Morgan fingerprint density at radius 3 is 2.78 bits per heavy atom. The molecule has 2 aromatic carbocycles. The summed E-state index contributed by atoms with van der Waals surface area (Å²) in [6.45, 7) is 4.48. The van der Waals surface area contributed by atoms with Gasteiger partial charge in [0.2, 0.25) is 5.95 Å². The number of amides is 1. The van der Waals surface area contributed by atoms with Gasteiger partial charge >= 0.3 is 0 Å². The van der Waals surface area contributed by atoms with Crippen molar-refractivity contribution in [2.45, 2.75) is 19.6 Å². The van der Waals surface area contributed by atoms with Crippen LogP contribution in [0.5, 0.6) is 5.75 Å². The number of nitrogens with one attached hydrogen (secondary N) is 1. The number of anilines is 1. The van der Waals surface area contributed by atoms with Gasteiger partial charge in [-0.2, -0.15) is 0 Å². The van der Waals surface area contributed by atoms with Crippen molar-refractivity contribution in [3.63, 3.8) is 0 Å². The molecule has 4 aromatic rings. The van der Waals surface area contributed by atoms with Crippen molar-refractivity contribution < 1.29 is 13.9 Å². The smallest absolute Gasteiger partial charge is 0.293 e. The third kappa shape index (κ3) is 5.44. The van der Waals surface area contributed by atoms with Crippen LogP contribution in [-0.4, -0.2) is 20.7 Å². The van der Waals surface area contributed by atoms with Gasteiger partial charge in [-0.05, 0) is 47.9 Å². The molecule has 4 rings (SSSR count). The summed E-state index contributed by atoms with van der Waals surface area (Å²) in [5.74, 6) is 1.19. The minimum absolute atomic E-state index is 0.150. The molecule has 8 heteroatoms. The zero-order chi connectivity index (χ0) is 22.3. The number of nitrogens with zero attached hydrogens (tertiary/aromatic N) is 3. The van der Waals surface area contributed by atoms with Crippen LogP contribution < -0.4 is 10.1 Å². The first-order chi connectivity index (χ1) is 15.6. The Labute approximate surface area is 190 Å². The van der Waals surface area contributed by atoms with Crippen LogP contribution in [0.1, 0.15) is 27.4 Å². The average molecular weight is 449 g/mol. The lowest BCUT2D eigenvalue weighted by Gasteiger charge is -2.08. The summed E-state index contributed by atoms with van der Waals surface area (Å²) in [5, 5.41) is 7.58. The molecule has 0 radical (unpaired) electrons. The van der Waals surface area contributed by atoms with Gasteiger partial charge in [0.1, 0.15) is 24.4 Å². The molecule has 0 fully saturated rings. The standard InChI is InChI=1S/C24H21ClN4O3/c1-2-5-18-6-3-4-7-21(18)31-15-20-12-13-22(32-20)23(30)27-24-26-16-29(28-24)14-17-8-10-19(25)11-9-17/h2-4,6-13,16H,1,5,14-15H2,(H,27,28,30). The molecular weight excluding hydrogens is 428 g/mol. The molecule has 2 heterocycles. The minimum atomic E-state index is -0.437. The quantitative estimate of drug-likeness (QED) is 0.359. The van der Waals surface area contributed by atoms with E-state index < -0.39 is 5.91 Å². The lowest BCUT2D eigenvalue weighted by molar-refractivity contribution is 0.0991. The summed E-state index contributed by atoms with van der Waals surface area (Å²) >= 11 is 5.90. The molecule has 0 unspecified atom stereocenters. The number of allylic oxidation sites excluding steroid dienone is 1. The fourth-order valence-electron chi connectivity index (χ4n) is 3.06. The van der Waals surface area contributed by atoms with Crippen LogP contribution in [-0.2, 0) is 19.6 Å². The van der Waals surface area contributed by atoms with E-state index in [9.17, 15) is 4.79 Å². The second-order valence-corrected chi connectivity index (χ2v) is 7.44. The normalized spacial score (nSPS) is 10.7. The highest BCUT2D eigenvalue weighted by atomic mass is 35.5. The van der Waals surface area contributed by atoms with Crippen molar-refractivity contribution in [1.29, 1.82) is 0 Å². The first-order valence-electron chi connectivity index (χ1n) is 9.96. The average Bonchev–Trinajstić information content (AvgIpc) is 3.45. The number of rotatable bonds is 9. The number of carbonyl (C=O) groups excluding carboxylic acids is 1. The third-order valence-corrected chi connectivity index (χ3v) is 4.86. The van der Waals surface area contributed by atoms with Crippen LogP contribution in [0, 0.1) is 0 Å². The fourth-order valence-corrected chi connectivity index (χ4v) is 3.19. The molecule has 0 aliphatic heterocycles. The molecule has 0 atom stereocenters. The molecule has 0 aliphatic rings. The first-order valence-corrected chi connectivity index (χ1v) is 10.3. The highest BCUT2D eigenvalue weighted by Gasteiger charge is 2.14. The minimum Gasteiger partial charge on any atom is -0.485 e. The first kappa shape index (κ1) is 21.4. The van der Waals surface area contributed by atoms with Crippen LogP contribution in [0.2, 0.25) is 5.02 Å². The number of furan rings is 1. The number of ether oxygens (including phenoxy) is 1. The molecule has 0 saturated carbocycles. The van der Waals surface area contributed by atoms with Gasteiger partial charge < -0.3 is 9.15 Å². The van der Waals surface area contributed by atoms with E-state index in [0.717, 1.165) is 16.9 Å². The number of hydrogen-bond acceptors (Lipinski definition) is 5. The van der Waals surface area contributed by atoms with Crippen molar-refractivity contribution >= 4 is 23.5 Å². The second-order valence-electron chi connectivity index (χ2n) is 7.00. The van der Waals surface area contributed by atoms with Crippen molar-refractivity contribution in [3.05, 3.63) is 107 Å². The molecule has 0 saturated heterocycles. The van der Waals surface area contributed by atoms with E-state index in [1.54, 1.807) is 23.1 Å². The third-order valence-electron chi connectivity index (χ3n) is 4.61. The van der Waals surface area contributed by atoms with Crippen molar-refractivity contribution in [3.8, 4) is 5.75 Å². The van der Waals surface area contributed by atoms with E-state index in [1.807, 2.05) is 54.6 Å². The van der Waals surface area contributed by atoms with E-state index in [0.29, 0.717) is 23.7 Å². The number of halogens is 1. The Balaban J connectivity index is 1.33. The van der Waals surface area contributed by atoms with Crippen molar-refractivity contribution in [2.75, 3.05) is 5.32 Å². The Morgan fingerprint density at radius 1 is 1.16 bits per heavy atom. The molecule has 2 aromatic heterocycles. The maximum absolute atomic E-state index is 12.5. The fraction of sp³-hybridized carbons (Fsp3) is 0.125. The Morgan fingerprint density at radius 2 is 1.97 bits per heavy atom. The predicted octanol–water partition coefficient (Wildman–Crippen LogP) is 5.13. The van der Waals surface area contributed by atoms with Gasteiger partial charge in [0.15, 0.2) is 5.76 Å². The van der Waals surface area contributed by atoms with Gasteiger partial charge in [-0.3, -0.25) is 10.1 Å². The lowest BCUT2D eigenvalue weighted by atomic mass is 10.1. The summed E-state index contributed by atoms with van der Waals surface area (Å²) in [6.07, 6.45) is 4.08. The molecule has 32 heavy (non-hydrogen) atoms. The molecule has 0 bridgehead atoms. The largest absolute Gasteiger partial charge is 0.485 e. The van der Waals surface area contributed by atoms with Gasteiger partial charge in [0.25, 0.3) is 5.91 Å². The second kappa shape index (κ2) is 9.98. The molecular formula is C24H21ClN4O3. The summed E-state index contributed by atoms with van der Waals surface area (Å²) < 4.78 is 13.1. The van der Waals surface area contributed by atoms with Crippen LogP contribution in [0.15, 0.2) is 84.1 Å². The van der Waals surface area contributed by atoms with E-state index in [4.69, 9.17) is 20.8 Å². The van der Waals surface area contributed by atoms with Crippen molar-refractivity contribution in [1.82, 2.24) is 14.8 Å². The lowest BCUT2D eigenvalue weighted by Crippen LogP contribution is -2.12. The summed E-state index contributed by atoms with van der Waals surface area (Å²) in [6, 6.07) is 18.5. The molecule has 7 nitrogen and oxygen atoms in total. The van der Waals surface area contributed by atoms with Crippen LogP contribution in [0.4, 0.5) is 5.95 Å². The van der Waals surface area contributed by atoms with Gasteiger partial charge in [-0.1, -0.05) is 48.0 Å². The van der Waals surface area contributed by atoms with Crippen molar-refractivity contribution in [2.24, 2.45) is 0 Å². The highest BCUT2D eigenvalue weighted by Crippen LogP contribution is 2.21. The number of carbonyl (C=O) groups is 1. The Bertz CT molecular complexity index is 1210. The van der Waals surface area contributed by atoms with E-state index >= 15 is 0 Å². The molecule has 1 N–H and O–H groups in total. The zero-order valence-electron chi connectivity index (χ0n) is 17.2. The number of aromatic nitrogens is 3. The predicted molar refractivity (Wildman–Crippen MR) is 122 cm³/mol. The molecule has 0 spiro atoms. The van der Waals surface area contributed by atoms with E-state index in [2.05, 4.69) is 22.0 Å². The number of benzene rings is 2. The molecule has 0 aliphatic carbocycles. The molecule has 1 amide bonds. The Kier molecular flexibility index (Phi) is 6.67. The van der Waals surface area contributed by atoms with E-state index in [1.165, 1.54) is 0 Å². The molecule has 162 valence electrons. The summed E-state index contributed by atoms with van der Waals surface area (Å²) in [5.41, 5.74) is 2.05. The van der Waals surface area contributed by atoms with E-state index in [-0.39, 0.29) is 18.3 Å². The SMILES string of the molecule is C=CCc1ccccc1OCc1ccc(C(=O)Nc2ncn(Cc3ccc(Cl)cc3)n2)o1. The van der Waals surface area contributed by atoms with Gasteiger partial charge in [0, 0.05) is 5.02 Å². The maximum Gasteiger partial charge on any atom is 0.293 e. The van der Waals surface area contributed by atoms with Crippen LogP contribution in [0.25, 0.3) is 0 Å². The monoisotopic (exact) mass is 448 g/mol. The number of para-hydroxylation sites is 1. The zero-order valence-corrected chi connectivity index (χ0v) is 18.0. The van der Waals surface area contributed by atoms with Gasteiger partial charge in [-0.25, -0.2) is 9.67 Å². The van der Waals surface area contributed by atoms with Crippen LogP contribution in [0.3, 0.4) is 0 Å². The highest BCUT2D eigenvalue weighted by molar-refractivity contribution is 6.30. The Hall–Kier alpha value is -3.84. The van der Waals surface area contributed by atoms with Gasteiger partial charge in [0.05, 0.1) is 6.54 Å². The van der Waals surface area contributed by atoms with Gasteiger partial charge in [-0.15, -0.1) is 11.7 Å². The van der Waals surface area contributed by atoms with Crippen LogP contribution >= 0.6 is 11.6 Å². The topological polar surface area (TPSA) is 82.2 Å². The summed E-state index contributed by atoms with van der Waals surface area (Å²) in [4.78, 5) is 16.6. The summed E-state index contributed by atoms with van der Waals surface area (Å²) in [7, 11) is 0. The number of hydrogen-bond donors (Lipinski definition) is 1.